The lowest BCUT2D eigenvalue weighted by Gasteiger charge is -2.29. The molecule has 0 aliphatic carbocycles. The first kappa shape index (κ1) is 17.5. The van der Waals surface area contributed by atoms with Crippen LogP contribution in [0.25, 0.3) is 0 Å². The van der Waals surface area contributed by atoms with E-state index in [0.717, 1.165) is 5.56 Å². The van der Waals surface area contributed by atoms with Crippen LogP contribution in [0.15, 0.2) is 36.5 Å². The van der Waals surface area contributed by atoms with Crippen molar-refractivity contribution in [3.63, 3.8) is 0 Å². The monoisotopic (exact) mass is 352 g/mol. The number of nitriles is 1. The van der Waals surface area contributed by atoms with Gasteiger partial charge in [-0.3, -0.25) is 5.32 Å². The summed E-state index contributed by atoms with van der Waals surface area (Å²) in [5, 5.41) is 11.6. The van der Waals surface area contributed by atoms with Gasteiger partial charge < -0.3 is 14.4 Å². The van der Waals surface area contributed by atoms with Gasteiger partial charge in [-0.25, -0.2) is 9.78 Å². The molecule has 0 saturated heterocycles. The van der Waals surface area contributed by atoms with E-state index < -0.39 is 5.60 Å². The molecule has 26 heavy (non-hydrogen) atoms. The molecule has 1 aliphatic heterocycles. The van der Waals surface area contributed by atoms with E-state index in [1.165, 1.54) is 6.20 Å². The zero-order valence-corrected chi connectivity index (χ0v) is 14.9. The van der Waals surface area contributed by atoms with Crippen molar-refractivity contribution >= 4 is 11.8 Å². The number of nitrogens with one attached hydrogen (secondary N) is 1. The number of rotatable bonds is 2. The molecule has 0 atom stereocenters. The van der Waals surface area contributed by atoms with Gasteiger partial charge in [0.25, 0.3) is 0 Å². The predicted molar refractivity (Wildman–Crippen MR) is 96.1 cm³/mol. The lowest BCUT2D eigenvalue weighted by atomic mass is 10.1. The van der Waals surface area contributed by atoms with Crippen LogP contribution in [-0.2, 0) is 6.54 Å². The van der Waals surface area contributed by atoms with Crippen molar-refractivity contribution in [2.75, 3.05) is 19.0 Å². The number of carbonyl (C=O) groups is 1. The fraction of sp³-hybridized carbons (Fsp3) is 0.316. The highest BCUT2D eigenvalue weighted by Gasteiger charge is 2.32. The first-order chi connectivity index (χ1) is 12.4. The summed E-state index contributed by atoms with van der Waals surface area (Å²) < 4.78 is 11.4. The van der Waals surface area contributed by atoms with Crippen molar-refractivity contribution in [3.05, 3.63) is 47.7 Å². The number of methoxy groups -OCH3 is 1. The summed E-state index contributed by atoms with van der Waals surface area (Å²) in [4.78, 5) is 18.5. The fourth-order valence-electron chi connectivity index (χ4n) is 2.80. The zero-order chi connectivity index (χ0) is 18.7. The van der Waals surface area contributed by atoms with Gasteiger partial charge in [-0.15, -0.1) is 0 Å². The van der Waals surface area contributed by atoms with Crippen molar-refractivity contribution in [2.24, 2.45) is 0 Å². The minimum Gasteiger partial charge on any atom is -0.497 e. The number of hydrogen-bond acceptors (Lipinski definition) is 5. The maximum absolute atomic E-state index is 12.7. The number of pyridine rings is 1. The second-order valence-corrected chi connectivity index (χ2v) is 6.67. The Hall–Kier alpha value is -3.27. The third-order valence-electron chi connectivity index (χ3n) is 4.01. The highest BCUT2D eigenvalue weighted by atomic mass is 16.5. The highest BCUT2D eigenvalue weighted by Crippen LogP contribution is 2.32. The molecule has 2 amide bonds. The van der Waals surface area contributed by atoms with Crippen molar-refractivity contribution in [1.82, 2.24) is 9.88 Å². The summed E-state index contributed by atoms with van der Waals surface area (Å²) in [6, 6.07) is 10.5. The molecule has 1 N–H and O–H groups in total. The zero-order valence-electron chi connectivity index (χ0n) is 14.9. The SMILES string of the molecule is COc1ccc2c(c1)OC(C)(C)CN(C(=O)Nc1ccc(C#N)cn1)C2. The molecule has 1 aliphatic rings. The second-order valence-electron chi connectivity index (χ2n) is 6.67. The van der Waals surface area contributed by atoms with Crippen LogP contribution in [0.2, 0.25) is 0 Å². The van der Waals surface area contributed by atoms with E-state index in [-0.39, 0.29) is 6.03 Å². The molecule has 134 valence electrons. The average molecular weight is 352 g/mol. The molecule has 3 rings (SSSR count). The van der Waals surface area contributed by atoms with Gasteiger partial charge >= 0.3 is 6.03 Å². The van der Waals surface area contributed by atoms with Gasteiger partial charge in [-0.1, -0.05) is 0 Å². The molecular formula is C19H20N4O3. The van der Waals surface area contributed by atoms with E-state index in [2.05, 4.69) is 10.3 Å². The molecule has 2 aromatic rings. The molecule has 7 nitrogen and oxygen atoms in total. The molecular weight excluding hydrogens is 332 g/mol. The lowest BCUT2D eigenvalue weighted by Crippen LogP contribution is -2.44. The van der Waals surface area contributed by atoms with Crippen LogP contribution in [0.4, 0.5) is 10.6 Å². The third-order valence-corrected chi connectivity index (χ3v) is 4.01. The normalized spacial score (nSPS) is 15.1. The third kappa shape index (κ3) is 3.86. The Morgan fingerprint density at radius 2 is 2.19 bits per heavy atom. The summed E-state index contributed by atoms with van der Waals surface area (Å²) >= 11 is 0. The minimum absolute atomic E-state index is 0.275. The Balaban J connectivity index is 1.81. The van der Waals surface area contributed by atoms with E-state index in [4.69, 9.17) is 14.7 Å². The largest absolute Gasteiger partial charge is 0.497 e. The molecule has 0 saturated carbocycles. The molecule has 0 bridgehead atoms. The maximum atomic E-state index is 12.7. The van der Waals surface area contributed by atoms with Gasteiger partial charge in [0.1, 0.15) is 29.0 Å². The summed E-state index contributed by atoms with van der Waals surface area (Å²) in [5.41, 5.74) is 0.780. The van der Waals surface area contributed by atoms with E-state index in [1.807, 2.05) is 38.1 Å². The van der Waals surface area contributed by atoms with Crippen LogP contribution in [0, 0.1) is 11.3 Å². The highest BCUT2D eigenvalue weighted by molar-refractivity contribution is 5.88. The second kappa shape index (κ2) is 6.92. The number of aromatic nitrogens is 1. The van der Waals surface area contributed by atoms with Gasteiger partial charge in [-0.05, 0) is 38.1 Å². The van der Waals surface area contributed by atoms with Crippen LogP contribution in [0.3, 0.4) is 0 Å². The van der Waals surface area contributed by atoms with E-state index >= 15 is 0 Å². The van der Waals surface area contributed by atoms with Crippen LogP contribution >= 0.6 is 0 Å². The minimum atomic E-state index is -0.562. The number of nitrogens with zero attached hydrogens (tertiary/aromatic N) is 3. The lowest BCUT2D eigenvalue weighted by molar-refractivity contribution is 0.0833. The average Bonchev–Trinajstić information content (AvgIpc) is 2.76. The molecule has 0 unspecified atom stereocenters. The molecule has 2 heterocycles. The Bertz CT molecular complexity index is 856. The Labute approximate surface area is 152 Å². The number of carbonyl (C=O) groups excluding carboxylic acids is 1. The summed E-state index contributed by atoms with van der Waals surface area (Å²) in [6.07, 6.45) is 1.42. The van der Waals surface area contributed by atoms with Crippen molar-refractivity contribution < 1.29 is 14.3 Å². The maximum Gasteiger partial charge on any atom is 0.323 e. The van der Waals surface area contributed by atoms with Crippen LogP contribution < -0.4 is 14.8 Å². The van der Waals surface area contributed by atoms with Crippen LogP contribution in [0.1, 0.15) is 25.0 Å². The number of fused-ring (bicyclic) bond motifs is 1. The quantitative estimate of drug-likeness (QED) is 0.897. The van der Waals surface area contributed by atoms with Crippen molar-refractivity contribution in [3.8, 4) is 17.6 Å². The van der Waals surface area contributed by atoms with E-state index in [9.17, 15) is 4.79 Å². The Morgan fingerprint density at radius 3 is 2.85 bits per heavy atom. The smallest absolute Gasteiger partial charge is 0.323 e. The topological polar surface area (TPSA) is 87.5 Å². The van der Waals surface area contributed by atoms with Gasteiger partial charge in [0.15, 0.2) is 0 Å². The molecule has 0 radical (unpaired) electrons. The van der Waals surface area contributed by atoms with E-state index in [0.29, 0.717) is 36.0 Å². The van der Waals surface area contributed by atoms with Gasteiger partial charge in [0, 0.05) is 17.8 Å². The summed E-state index contributed by atoms with van der Waals surface area (Å²) in [5.74, 6) is 1.81. The Morgan fingerprint density at radius 1 is 1.38 bits per heavy atom. The number of anilines is 1. The van der Waals surface area contributed by atoms with Crippen LogP contribution in [-0.4, -0.2) is 35.2 Å². The molecule has 0 fully saturated rings. The molecule has 1 aromatic heterocycles. The summed E-state index contributed by atoms with van der Waals surface area (Å²) in [6.45, 7) is 4.68. The standard InChI is InChI=1S/C19H20N4O3/c1-19(2)12-23(11-14-5-6-15(25-3)8-16(14)26-19)18(24)22-17-7-4-13(9-20)10-21-17/h4-8,10H,11-12H2,1-3H3,(H,21,22,24). The number of urea groups is 1. The van der Waals surface area contributed by atoms with Crippen LogP contribution in [0.5, 0.6) is 11.5 Å². The number of ether oxygens (including phenoxy) is 2. The first-order valence-corrected chi connectivity index (χ1v) is 8.18. The van der Waals surface area contributed by atoms with Gasteiger partial charge in [0.05, 0.1) is 25.8 Å². The number of hydrogen-bond donors (Lipinski definition) is 1. The first-order valence-electron chi connectivity index (χ1n) is 8.18. The van der Waals surface area contributed by atoms with Gasteiger partial charge in [0.2, 0.25) is 0 Å². The van der Waals surface area contributed by atoms with Gasteiger partial charge in [-0.2, -0.15) is 5.26 Å². The predicted octanol–water partition coefficient (Wildman–Crippen LogP) is 3.17. The Kier molecular flexibility index (Phi) is 4.67. The number of benzene rings is 1. The molecule has 1 aromatic carbocycles. The van der Waals surface area contributed by atoms with Crippen molar-refractivity contribution in [2.45, 2.75) is 26.0 Å². The molecule has 0 spiro atoms. The summed E-state index contributed by atoms with van der Waals surface area (Å²) in [7, 11) is 1.61. The van der Waals surface area contributed by atoms with Crippen molar-refractivity contribution in [1.29, 1.82) is 5.26 Å². The fourth-order valence-corrected chi connectivity index (χ4v) is 2.80. The van der Waals surface area contributed by atoms with E-state index in [1.54, 1.807) is 24.1 Å². The molecule has 7 heteroatoms. The number of amides is 2.